The quantitative estimate of drug-likeness (QED) is 0.245. The second-order valence-electron chi connectivity index (χ2n) is 9.30. The molecule has 2 amide bonds. The van der Waals surface area contributed by atoms with E-state index in [2.05, 4.69) is 15.9 Å². The van der Waals surface area contributed by atoms with Gasteiger partial charge in [-0.05, 0) is 47.5 Å². The second kappa shape index (κ2) is 10.6. The Kier molecular flexibility index (Phi) is 6.81. The maximum atomic E-state index is 13.9. The van der Waals surface area contributed by atoms with Gasteiger partial charge in [0.2, 0.25) is 5.91 Å². The van der Waals surface area contributed by atoms with E-state index in [1.807, 2.05) is 78.9 Å². The summed E-state index contributed by atoms with van der Waals surface area (Å²) in [7, 11) is 1.58. The van der Waals surface area contributed by atoms with E-state index in [0.717, 1.165) is 16.8 Å². The first-order valence-corrected chi connectivity index (χ1v) is 13.3. The molecule has 4 aromatic rings. The first-order valence-electron chi connectivity index (χ1n) is 12.5. The standard InChI is InChI=1S/C31H25BrN2O5/c1-37-25-17-23(24(32)18-26(25)38-19-20-11-5-2-6-12-20)28-27-29(39-34(28)22-15-9-4-10-16-22)31(36)33(30(27)35)21-13-7-3-8-14-21/h2-18,27-29H,19H2,1H3/t27-,28+,29+/m1/s1. The number of imide groups is 1. The van der Waals surface area contributed by atoms with Gasteiger partial charge in [-0.2, -0.15) is 0 Å². The molecule has 3 atom stereocenters. The minimum atomic E-state index is -0.963. The number of methoxy groups -OCH3 is 1. The number of hydrogen-bond donors (Lipinski definition) is 0. The van der Waals surface area contributed by atoms with Crippen LogP contribution >= 0.6 is 15.9 Å². The van der Waals surface area contributed by atoms with Crippen molar-refractivity contribution in [2.75, 3.05) is 17.1 Å². The number of halogens is 1. The lowest BCUT2D eigenvalue weighted by atomic mass is 9.90. The highest BCUT2D eigenvalue weighted by Gasteiger charge is 2.60. The number of nitrogens with zero attached hydrogens (tertiary/aromatic N) is 2. The van der Waals surface area contributed by atoms with Gasteiger partial charge in [-0.3, -0.25) is 14.4 Å². The molecule has 0 spiro atoms. The first-order chi connectivity index (χ1) is 19.1. The van der Waals surface area contributed by atoms with Gasteiger partial charge in [-0.1, -0.05) is 82.7 Å². The molecule has 0 aromatic heterocycles. The van der Waals surface area contributed by atoms with Gasteiger partial charge in [0.05, 0.1) is 24.5 Å². The maximum Gasteiger partial charge on any atom is 0.266 e. The third-order valence-electron chi connectivity index (χ3n) is 6.98. The van der Waals surface area contributed by atoms with Crippen molar-refractivity contribution in [3.63, 3.8) is 0 Å². The average molecular weight is 585 g/mol. The van der Waals surface area contributed by atoms with E-state index in [1.54, 1.807) is 36.4 Å². The number of ether oxygens (including phenoxy) is 2. The number of anilines is 2. The number of amides is 2. The Bertz CT molecular complexity index is 1500. The molecule has 0 aliphatic carbocycles. The van der Waals surface area contributed by atoms with Crippen molar-refractivity contribution < 1.29 is 23.9 Å². The van der Waals surface area contributed by atoms with Crippen molar-refractivity contribution in [1.29, 1.82) is 0 Å². The van der Waals surface area contributed by atoms with Crippen LogP contribution in [0, 0.1) is 5.92 Å². The van der Waals surface area contributed by atoms with Crippen LogP contribution in [0.2, 0.25) is 0 Å². The van der Waals surface area contributed by atoms with E-state index in [1.165, 1.54) is 4.90 Å². The van der Waals surface area contributed by atoms with Crippen LogP contribution < -0.4 is 19.4 Å². The largest absolute Gasteiger partial charge is 0.493 e. The molecule has 2 heterocycles. The summed E-state index contributed by atoms with van der Waals surface area (Å²) in [5, 5.41) is 1.66. The Morgan fingerprint density at radius 1 is 0.795 bits per heavy atom. The fraction of sp³-hybridized carbons (Fsp3) is 0.161. The van der Waals surface area contributed by atoms with Crippen molar-refractivity contribution in [1.82, 2.24) is 0 Å². The monoisotopic (exact) mass is 584 g/mol. The summed E-state index contributed by atoms with van der Waals surface area (Å²) in [4.78, 5) is 34.9. The molecule has 8 heteroatoms. The third-order valence-corrected chi connectivity index (χ3v) is 7.67. The number of carbonyl (C=O) groups is 2. The fourth-order valence-corrected chi connectivity index (χ4v) is 5.70. The third kappa shape index (κ3) is 4.56. The van der Waals surface area contributed by atoms with Crippen molar-refractivity contribution in [2.45, 2.75) is 18.8 Å². The first kappa shape index (κ1) is 25.2. The van der Waals surface area contributed by atoms with Gasteiger partial charge in [-0.25, -0.2) is 9.96 Å². The molecule has 0 saturated carbocycles. The minimum absolute atomic E-state index is 0.310. The van der Waals surface area contributed by atoms with E-state index in [0.29, 0.717) is 28.3 Å². The lowest BCUT2D eigenvalue weighted by Crippen LogP contribution is -2.37. The Morgan fingerprint density at radius 2 is 1.41 bits per heavy atom. The Hall–Kier alpha value is -4.14. The number of hydroxylamine groups is 1. The zero-order chi connectivity index (χ0) is 26.9. The van der Waals surface area contributed by atoms with Crippen LogP contribution in [0.25, 0.3) is 0 Å². The summed E-state index contributed by atoms with van der Waals surface area (Å²) in [6.07, 6.45) is -0.963. The summed E-state index contributed by atoms with van der Waals surface area (Å²) in [5.41, 5.74) is 3.03. The topological polar surface area (TPSA) is 68.3 Å². The Morgan fingerprint density at radius 3 is 2.05 bits per heavy atom. The zero-order valence-corrected chi connectivity index (χ0v) is 22.7. The molecule has 196 valence electrons. The van der Waals surface area contributed by atoms with E-state index in [9.17, 15) is 9.59 Å². The molecule has 6 rings (SSSR count). The van der Waals surface area contributed by atoms with Crippen molar-refractivity contribution in [3.8, 4) is 11.5 Å². The molecule has 0 radical (unpaired) electrons. The highest BCUT2D eigenvalue weighted by molar-refractivity contribution is 9.10. The van der Waals surface area contributed by atoms with Gasteiger partial charge < -0.3 is 9.47 Å². The molecule has 2 fully saturated rings. The maximum absolute atomic E-state index is 13.9. The zero-order valence-electron chi connectivity index (χ0n) is 21.1. The molecular weight excluding hydrogens is 560 g/mol. The van der Waals surface area contributed by atoms with Gasteiger partial charge in [0.1, 0.15) is 12.5 Å². The van der Waals surface area contributed by atoms with E-state index >= 15 is 0 Å². The smallest absolute Gasteiger partial charge is 0.266 e. The van der Waals surface area contributed by atoms with Gasteiger partial charge in [0.25, 0.3) is 5.91 Å². The van der Waals surface area contributed by atoms with Crippen LogP contribution in [0.4, 0.5) is 11.4 Å². The van der Waals surface area contributed by atoms with Crippen LogP contribution in [0.1, 0.15) is 17.2 Å². The normalized spacial score (nSPS) is 20.3. The molecule has 39 heavy (non-hydrogen) atoms. The van der Waals surface area contributed by atoms with Crippen LogP contribution in [0.3, 0.4) is 0 Å². The van der Waals surface area contributed by atoms with E-state index < -0.39 is 18.1 Å². The predicted octanol–water partition coefficient (Wildman–Crippen LogP) is 6.09. The highest BCUT2D eigenvalue weighted by atomic mass is 79.9. The number of benzene rings is 4. The van der Waals surface area contributed by atoms with Crippen molar-refractivity contribution >= 4 is 39.1 Å². The number of fused-ring (bicyclic) bond motifs is 1. The Labute approximate surface area is 234 Å². The molecule has 0 bridgehead atoms. The second-order valence-corrected chi connectivity index (χ2v) is 10.2. The number of carbonyl (C=O) groups excluding carboxylic acids is 2. The molecular formula is C31H25BrN2O5. The SMILES string of the molecule is COc1cc([C@H]2[C@H]3C(=O)N(c4ccccc4)C(=O)[C@H]3ON2c2ccccc2)c(Br)cc1OCc1ccccc1. The summed E-state index contributed by atoms with van der Waals surface area (Å²) >= 11 is 3.71. The summed E-state index contributed by atoms with van der Waals surface area (Å²) < 4.78 is 12.5. The van der Waals surface area contributed by atoms with Crippen LogP contribution in [-0.4, -0.2) is 25.0 Å². The fourth-order valence-electron chi connectivity index (χ4n) is 5.15. The lowest BCUT2D eigenvalue weighted by molar-refractivity contribution is -0.126. The lowest BCUT2D eigenvalue weighted by Gasteiger charge is -2.29. The number of hydrogen-bond acceptors (Lipinski definition) is 6. The summed E-state index contributed by atoms with van der Waals surface area (Å²) in [6.45, 7) is 0.370. The number of para-hydroxylation sites is 2. The predicted molar refractivity (Wildman–Crippen MR) is 150 cm³/mol. The molecule has 2 aliphatic heterocycles. The van der Waals surface area contributed by atoms with E-state index in [-0.39, 0.29) is 11.8 Å². The average Bonchev–Trinajstić information content (AvgIpc) is 3.48. The summed E-state index contributed by atoms with van der Waals surface area (Å²) in [6, 6.07) is 31.3. The van der Waals surface area contributed by atoms with E-state index in [4.69, 9.17) is 14.3 Å². The Balaban J connectivity index is 1.40. The minimum Gasteiger partial charge on any atom is -0.493 e. The van der Waals surface area contributed by atoms with Gasteiger partial charge in [-0.15, -0.1) is 0 Å². The van der Waals surface area contributed by atoms with Crippen LogP contribution in [-0.2, 0) is 21.0 Å². The summed E-state index contributed by atoms with van der Waals surface area (Å²) in [5.74, 6) is -0.397. The molecule has 7 nitrogen and oxygen atoms in total. The van der Waals surface area contributed by atoms with Crippen LogP contribution in [0.15, 0.2) is 108 Å². The van der Waals surface area contributed by atoms with Gasteiger partial charge in [0.15, 0.2) is 17.6 Å². The van der Waals surface area contributed by atoms with Crippen molar-refractivity contribution in [3.05, 3.63) is 119 Å². The molecule has 2 aliphatic rings. The molecule has 2 saturated heterocycles. The molecule has 4 aromatic carbocycles. The van der Waals surface area contributed by atoms with Gasteiger partial charge in [0, 0.05) is 4.47 Å². The van der Waals surface area contributed by atoms with Crippen molar-refractivity contribution in [2.24, 2.45) is 5.92 Å². The molecule has 0 N–H and O–H groups in total. The number of rotatable bonds is 7. The highest BCUT2D eigenvalue weighted by Crippen LogP contribution is 2.50. The van der Waals surface area contributed by atoms with Gasteiger partial charge >= 0.3 is 0 Å². The van der Waals surface area contributed by atoms with Crippen LogP contribution in [0.5, 0.6) is 11.5 Å². The molecule has 0 unspecified atom stereocenters.